The van der Waals surface area contributed by atoms with E-state index in [9.17, 15) is 10.1 Å². The predicted molar refractivity (Wildman–Crippen MR) is 133 cm³/mol. The number of aromatic nitrogens is 2. The summed E-state index contributed by atoms with van der Waals surface area (Å²) in [6, 6.07) is 9.59. The van der Waals surface area contributed by atoms with Gasteiger partial charge in [0.05, 0.1) is 32.6 Å². The number of anilines is 1. The molecular formula is C25H28N4O4S. The number of carbonyl (C=O) groups excluding carboxylic acids is 1. The SMILES string of the molecule is COCC(C)n1c(C)cc(/C=C(/C#N)C(=O)Nc2nc(-c3ccc(OC)c(OC)c3)cs2)c1C. The van der Waals surface area contributed by atoms with E-state index in [4.69, 9.17) is 14.2 Å². The number of thiazole rings is 1. The minimum absolute atomic E-state index is 0.00233. The second kappa shape index (κ2) is 11.0. The maximum Gasteiger partial charge on any atom is 0.268 e. The molecule has 1 N–H and O–H groups in total. The Bertz CT molecular complexity index is 1250. The van der Waals surface area contributed by atoms with Gasteiger partial charge in [-0.2, -0.15) is 5.26 Å². The summed E-state index contributed by atoms with van der Waals surface area (Å²) in [5, 5.41) is 14.6. The van der Waals surface area contributed by atoms with Crippen molar-refractivity contribution in [3.05, 3.63) is 52.2 Å². The summed E-state index contributed by atoms with van der Waals surface area (Å²) in [6.07, 6.45) is 1.61. The zero-order chi connectivity index (χ0) is 24.8. The molecule has 2 aromatic heterocycles. The van der Waals surface area contributed by atoms with Gasteiger partial charge in [-0.05, 0) is 56.7 Å². The van der Waals surface area contributed by atoms with E-state index in [1.54, 1.807) is 33.5 Å². The maximum atomic E-state index is 12.8. The van der Waals surface area contributed by atoms with E-state index in [-0.39, 0.29) is 11.6 Å². The summed E-state index contributed by atoms with van der Waals surface area (Å²) in [7, 11) is 4.81. The van der Waals surface area contributed by atoms with Crippen LogP contribution in [0.5, 0.6) is 11.5 Å². The highest BCUT2D eigenvalue weighted by Gasteiger charge is 2.17. The Hall–Kier alpha value is -3.61. The van der Waals surface area contributed by atoms with E-state index in [0.29, 0.717) is 28.9 Å². The lowest BCUT2D eigenvalue weighted by Crippen LogP contribution is -2.14. The van der Waals surface area contributed by atoms with Crippen LogP contribution in [0.4, 0.5) is 5.13 Å². The highest BCUT2D eigenvalue weighted by Crippen LogP contribution is 2.33. The quantitative estimate of drug-likeness (QED) is 0.342. The Labute approximate surface area is 203 Å². The molecule has 2 heterocycles. The minimum Gasteiger partial charge on any atom is -0.493 e. The molecule has 0 fully saturated rings. The highest BCUT2D eigenvalue weighted by atomic mass is 32.1. The molecule has 1 amide bonds. The number of aryl methyl sites for hydroxylation is 1. The smallest absolute Gasteiger partial charge is 0.268 e. The molecule has 0 saturated heterocycles. The molecule has 178 valence electrons. The lowest BCUT2D eigenvalue weighted by atomic mass is 10.1. The Morgan fingerprint density at radius 1 is 1.24 bits per heavy atom. The molecule has 1 aromatic carbocycles. The molecule has 9 heteroatoms. The third-order valence-electron chi connectivity index (χ3n) is 5.44. The van der Waals surface area contributed by atoms with Crippen LogP contribution in [-0.2, 0) is 9.53 Å². The largest absolute Gasteiger partial charge is 0.493 e. The van der Waals surface area contributed by atoms with Gasteiger partial charge in [0.25, 0.3) is 5.91 Å². The van der Waals surface area contributed by atoms with E-state index < -0.39 is 5.91 Å². The fraction of sp³-hybridized carbons (Fsp3) is 0.320. The molecule has 34 heavy (non-hydrogen) atoms. The lowest BCUT2D eigenvalue weighted by molar-refractivity contribution is -0.112. The number of carbonyl (C=O) groups is 1. The summed E-state index contributed by atoms with van der Waals surface area (Å²) in [4.78, 5) is 17.3. The molecule has 0 aliphatic rings. The number of methoxy groups -OCH3 is 3. The number of amides is 1. The molecule has 0 radical (unpaired) electrons. The molecule has 1 atom stereocenters. The van der Waals surface area contributed by atoms with E-state index in [1.807, 2.05) is 43.5 Å². The molecule has 8 nitrogen and oxygen atoms in total. The number of hydrogen-bond donors (Lipinski definition) is 1. The monoisotopic (exact) mass is 480 g/mol. The van der Waals surface area contributed by atoms with Crippen molar-refractivity contribution in [2.24, 2.45) is 0 Å². The topological polar surface area (TPSA) is 98.4 Å². The average Bonchev–Trinajstić information content (AvgIpc) is 3.40. The second-order valence-corrected chi connectivity index (χ2v) is 8.59. The summed E-state index contributed by atoms with van der Waals surface area (Å²) in [5.41, 5.74) is 4.32. The number of rotatable bonds is 9. The molecule has 3 rings (SSSR count). The predicted octanol–water partition coefficient (Wildman–Crippen LogP) is 5.00. The van der Waals surface area contributed by atoms with E-state index in [1.165, 1.54) is 11.3 Å². The van der Waals surface area contributed by atoms with Crippen LogP contribution < -0.4 is 14.8 Å². The van der Waals surface area contributed by atoms with Crippen molar-refractivity contribution in [2.45, 2.75) is 26.8 Å². The van der Waals surface area contributed by atoms with E-state index in [0.717, 1.165) is 22.5 Å². The molecule has 0 saturated carbocycles. The molecule has 0 aliphatic heterocycles. The zero-order valence-electron chi connectivity index (χ0n) is 20.1. The van der Waals surface area contributed by atoms with Gasteiger partial charge in [-0.3, -0.25) is 10.1 Å². The van der Waals surface area contributed by atoms with Gasteiger partial charge in [-0.15, -0.1) is 11.3 Å². The van der Waals surface area contributed by atoms with Crippen molar-refractivity contribution in [2.75, 3.05) is 33.3 Å². The molecule has 3 aromatic rings. The first-order valence-corrected chi connectivity index (χ1v) is 11.5. The summed E-state index contributed by atoms with van der Waals surface area (Å²) in [5.74, 6) is 0.700. The summed E-state index contributed by atoms with van der Waals surface area (Å²) in [6.45, 7) is 6.59. The van der Waals surface area contributed by atoms with Crippen LogP contribution in [-0.4, -0.2) is 43.4 Å². The van der Waals surface area contributed by atoms with Gasteiger partial charge in [0, 0.05) is 29.4 Å². The van der Waals surface area contributed by atoms with Crippen LogP contribution in [0.15, 0.2) is 35.2 Å². The van der Waals surface area contributed by atoms with Gasteiger partial charge < -0.3 is 18.8 Å². The van der Waals surface area contributed by atoms with Crippen molar-refractivity contribution in [3.63, 3.8) is 0 Å². The normalized spacial score (nSPS) is 12.2. The van der Waals surface area contributed by atoms with Crippen molar-refractivity contribution < 1.29 is 19.0 Å². The number of nitrogens with zero attached hydrogens (tertiary/aromatic N) is 3. The van der Waals surface area contributed by atoms with Gasteiger partial charge in [0.2, 0.25) is 0 Å². The van der Waals surface area contributed by atoms with Crippen molar-refractivity contribution in [1.82, 2.24) is 9.55 Å². The number of ether oxygens (including phenoxy) is 3. The van der Waals surface area contributed by atoms with Crippen LogP contribution in [0, 0.1) is 25.2 Å². The average molecular weight is 481 g/mol. The Morgan fingerprint density at radius 3 is 2.62 bits per heavy atom. The van der Waals surface area contributed by atoms with Gasteiger partial charge in [0.15, 0.2) is 16.6 Å². The Balaban J connectivity index is 1.81. The first kappa shape index (κ1) is 25.0. The Kier molecular flexibility index (Phi) is 8.10. The maximum absolute atomic E-state index is 12.8. The summed E-state index contributed by atoms with van der Waals surface area (Å²) < 4.78 is 18.0. The number of hydrogen-bond acceptors (Lipinski definition) is 7. The minimum atomic E-state index is -0.509. The van der Waals surface area contributed by atoms with Gasteiger partial charge in [0.1, 0.15) is 11.6 Å². The van der Waals surface area contributed by atoms with Gasteiger partial charge in [-0.25, -0.2) is 4.98 Å². The molecule has 1 unspecified atom stereocenters. The van der Waals surface area contributed by atoms with Crippen LogP contribution >= 0.6 is 11.3 Å². The fourth-order valence-electron chi connectivity index (χ4n) is 3.87. The molecule has 0 spiro atoms. The lowest BCUT2D eigenvalue weighted by Gasteiger charge is -2.17. The van der Waals surface area contributed by atoms with E-state index in [2.05, 4.69) is 21.8 Å². The van der Waals surface area contributed by atoms with Crippen LogP contribution in [0.2, 0.25) is 0 Å². The second-order valence-electron chi connectivity index (χ2n) is 7.73. The summed E-state index contributed by atoms with van der Waals surface area (Å²) >= 11 is 1.28. The van der Waals surface area contributed by atoms with Gasteiger partial charge in [-0.1, -0.05) is 0 Å². The third kappa shape index (κ3) is 5.30. The molecular weight excluding hydrogens is 452 g/mol. The Morgan fingerprint density at radius 2 is 1.97 bits per heavy atom. The van der Waals surface area contributed by atoms with Gasteiger partial charge >= 0.3 is 0 Å². The highest BCUT2D eigenvalue weighted by molar-refractivity contribution is 7.14. The van der Waals surface area contributed by atoms with Crippen molar-refractivity contribution >= 4 is 28.5 Å². The first-order chi connectivity index (χ1) is 16.3. The van der Waals surface area contributed by atoms with Crippen molar-refractivity contribution in [3.8, 4) is 28.8 Å². The van der Waals surface area contributed by atoms with Crippen LogP contribution in [0.25, 0.3) is 17.3 Å². The number of benzene rings is 1. The van der Waals surface area contributed by atoms with Crippen LogP contribution in [0.1, 0.15) is 29.9 Å². The number of nitrogens with one attached hydrogen (secondary N) is 1. The van der Waals surface area contributed by atoms with Crippen molar-refractivity contribution in [1.29, 1.82) is 5.26 Å². The molecule has 0 bridgehead atoms. The number of nitriles is 1. The van der Waals surface area contributed by atoms with E-state index >= 15 is 0 Å². The molecule has 0 aliphatic carbocycles. The third-order valence-corrected chi connectivity index (χ3v) is 6.20. The fourth-order valence-corrected chi connectivity index (χ4v) is 4.59. The standard InChI is InChI=1S/C25H28N4O4S/c1-15-9-19(17(3)29(15)16(2)13-31-4)10-20(12-26)24(30)28-25-27-21(14-34-25)18-7-8-22(32-5)23(11-18)33-6/h7-11,14,16H,13H2,1-6H3,(H,27,28,30)/b20-10-. The van der Waals surface area contributed by atoms with Crippen LogP contribution in [0.3, 0.4) is 0 Å². The first-order valence-electron chi connectivity index (χ1n) is 10.6. The zero-order valence-corrected chi connectivity index (χ0v) is 20.9.